The molecular weight excluding hydrogens is 865 g/mol. The molecule has 8 aromatic rings. The number of nitrogens with one attached hydrogen (secondary N) is 1. The molecule has 286 valence electrons. The van der Waals surface area contributed by atoms with Gasteiger partial charge in [-0.25, -0.2) is 0 Å². The first-order valence-corrected chi connectivity index (χ1v) is 21.2. The summed E-state index contributed by atoms with van der Waals surface area (Å²) in [4.78, 5) is 20.5. The van der Waals surface area contributed by atoms with E-state index in [2.05, 4.69) is 28.2 Å². The first kappa shape index (κ1) is 47.2. The van der Waals surface area contributed by atoms with E-state index in [0.717, 1.165) is 72.1 Å². The number of fused-ring (bicyclic) bond motifs is 4. The van der Waals surface area contributed by atoms with Crippen LogP contribution in [0.4, 0.5) is 0 Å². The summed E-state index contributed by atoms with van der Waals surface area (Å²) in [6.45, 7) is 0. The number of aromatic amines is 1. The van der Waals surface area contributed by atoms with Crippen LogP contribution in [0.15, 0.2) is 95.8 Å². The summed E-state index contributed by atoms with van der Waals surface area (Å²) >= 11 is 15.4. The van der Waals surface area contributed by atoms with Crippen LogP contribution in [0.5, 0.6) is 23.1 Å². The van der Waals surface area contributed by atoms with Gasteiger partial charge in [-0.15, -0.1) is 22.7 Å². The van der Waals surface area contributed by atoms with Crippen molar-refractivity contribution < 1.29 is 109 Å². The van der Waals surface area contributed by atoms with Crippen LogP contribution >= 0.6 is 45.9 Å². The second kappa shape index (κ2) is 20.0. The normalized spacial score (nSPS) is 12.9. The predicted molar refractivity (Wildman–Crippen MR) is 227 cm³/mol. The molecule has 60 heavy (non-hydrogen) atoms. The molecule has 4 heterocycles. The fourth-order valence-corrected chi connectivity index (χ4v) is 11.0. The molecule has 4 aromatic carbocycles. The van der Waals surface area contributed by atoms with Crippen molar-refractivity contribution in [3.63, 3.8) is 0 Å². The molecule has 0 spiro atoms. The Morgan fingerprint density at radius 3 is 1.87 bits per heavy atom. The van der Waals surface area contributed by atoms with Gasteiger partial charge in [0.05, 0.1) is 10.9 Å². The Kier molecular flexibility index (Phi) is 15.7. The van der Waals surface area contributed by atoms with Crippen molar-refractivity contribution in [3.8, 4) is 67.6 Å². The van der Waals surface area contributed by atoms with Crippen LogP contribution in [0, 0.1) is 0 Å². The number of pyridine rings is 2. The first-order valence-electron chi connectivity index (χ1n) is 18.8. The third-order valence-corrected chi connectivity index (χ3v) is 13.6. The summed E-state index contributed by atoms with van der Waals surface area (Å²) in [7, 11) is 0. The summed E-state index contributed by atoms with van der Waals surface area (Å²) in [5, 5.41) is 51.1. The second-order valence-electron chi connectivity index (χ2n) is 14.4. The molecule has 2 aliphatic rings. The molecule has 0 aliphatic heterocycles. The van der Waals surface area contributed by atoms with Gasteiger partial charge in [0, 0.05) is 16.5 Å². The third kappa shape index (κ3) is 8.78. The molecule has 0 saturated heterocycles. The average Bonchev–Trinajstić information content (AvgIpc) is 3.74. The van der Waals surface area contributed by atoms with Gasteiger partial charge in [-0.3, -0.25) is 9.78 Å². The van der Waals surface area contributed by atoms with Crippen LogP contribution in [0.2, 0.25) is 8.67 Å². The number of aromatic nitrogens is 2. The zero-order valence-corrected chi connectivity index (χ0v) is 42.6. The van der Waals surface area contributed by atoms with E-state index >= 15 is 0 Å². The number of nitrogens with zero attached hydrogens (tertiary/aromatic N) is 1. The maximum absolute atomic E-state index is 13.4. The van der Waals surface area contributed by atoms with Crippen molar-refractivity contribution in [2.75, 3.05) is 0 Å². The summed E-state index contributed by atoms with van der Waals surface area (Å²) < 4.78 is 0.879. The molecule has 2 N–H and O–H groups in total. The Morgan fingerprint density at radius 1 is 0.600 bits per heavy atom. The van der Waals surface area contributed by atoms with E-state index < -0.39 is 11.6 Å². The number of hydrogen-bond donors (Lipinski definition) is 2. The Labute approximate surface area is 431 Å². The molecule has 2 aliphatic carbocycles. The van der Waals surface area contributed by atoms with Gasteiger partial charge in [-0.1, -0.05) is 131 Å². The molecule has 0 bridgehead atoms. The van der Waals surface area contributed by atoms with E-state index in [0.29, 0.717) is 41.1 Å². The van der Waals surface area contributed by atoms with Gasteiger partial charge in [0.25, 0.3) is 5.56 Å². The van der Waals surface area contributed by atoms with Gasteiger partial charge in [0.2, 0.25) is 0 Å². The van der Waals surface area contributed by atoms with Gasteiger partial charge in [0.15, 0.2) is 0 Å². The number of benzene rings is 4. The number of aryl methyl sites for hydroxylation is 3. The van der Waals surface area contributed by atoms with Gasteiger partial charge >= 0.3 is 88.7 Å². The molecule has 7 nitrogen and oxygen atoms in total. The minimum Gasteiger partial charge on any atom is -0.872 e. The summed E-state index contributed by atoms with van der Waals surface area (Å²) in [5.74, 6) is -1.09. The molecular formula is C46H33Cl2N2Na3O5S2. The molecule has 0 fully saturated rings. The zero-order chi connectivity index (χ0) is 39.4. The second-order valence-corrected chi connectivity index (χ2v) is 17.6. The maximum Gasteiger partial charge on any atom is 1.00 e. The number of aromatic hydroxyl groups is 1. The first-order chi connectivity index (χ1) is 27.7. The molecule has 0 unspecified atom stereocenters. The molecule has 0 radical (unpaired) electrons. The number of halogens is 2. The van der Waals surface area contributed by atoms with E-state index in [1.54, 1.807) is 30.3 Å². The van der Waals surface area contributed by atoms with Crippen LogP contribution in [-0.2, 0) is 25.7 Å². The van der Waals surface area contributed by atoms with Crippen molar-refractivity contribution in [2.24, 2.45) is 0 Å². The molecule has 14 heteroatoms. The van der Waals surface area contributed by atoms with E-state index in [4.69, 9.17) is 23.2 Å². The van der Waals surface area contributed by atoms with Gasteiger partial charge in [-0.05, 0) is 102 Å². The average molecular weight is 898 g/mol. The molecule has 4 aromatic heterocycles. The predicted octanol–water partition coefficient (Wildman–Crippen LogP) is 1.56. The van der Waals surface area contributed by atoms with Crippen LogP contribution in [0.1, 0.15) is 47.9 Å². The van der Waals surface area contributed by atoms with E-state index in [1.807, 2.05) is 42.5 Å². The molecule has 0 saturated carbocycles. The number of hydrogen-bond acceptors (Lipinski definition) is 8. The van der Waals surface area contributed by atoms with E-state index in [1.165, 1.54) is 35.3 Å². The minimum absolute atomic E-state index is 0. The standard InChI is InChI=1S/C23H18ClNO3S.C23H18ClNO2S.3Na/c24-21-17(15-11-10-12-6-4-5-9-14(12)19(15)26)18-20(27)16(13-7-2-1-3-8-13)22(28)25-23(18)29-21;24-21-17(16-11-10-13-6-4-5-9-15(13)12-16)19-20(26)18(14-7-2-1-3-8-14)22(27)25-23(19)28-21;;;/h1-3,7-8,10-11,26H,4-6,9H2,(H2,25,27,28);1-3,7-8,10-12H,4-6,9H2,(H2,25,26,27);;;/q;;3*+1/p-3. The fourth-order valence-electron chi connectivity index (χ4n) is 8.28. The Morgan fingerprint density at radius 2 is 1.18 bits per heavy atom. The largest absolute Gasteiger partial charge is 1.00 e. The van der Waals surface area contributed by atoms with Crippen LogP contribution < -0.4 is 110 Å². The Bertz CT molecular complexity index is 2920. The zero-order valence-electron chi connectivity index (χ0n) is 33.4. The topological polar surface area (TPSA) is 135 Å². The Hall–Kier alpha value is -2.32. The van der Waals surface area contributed by atoms with Crippen molar-refractivity contribution in [1.29, 1.82) is 0 Å². The molecule has 10 rings (SSSR count). The molecule has 0 atom stereocenters. The van der Waals surface area contributed by atoms with Crippen molar-refractivity contribution in [2.45, 2.75) is 51.4 Å². The van der Waals surface area contributed by atoms with Crippen LogP contribution in [0.3, 0.4) is 0 Å². The van der Waals surface area contributed by atoms with Crippen molar-refractivity contribution >= 4 is 66.3 Å². The quantitative estimate of drug-likeness (QED) is 0.258. The van der Waals surface area contributed by atoms with E-state index in [9.17, 15) is 25.2 Å². The van der Waals surface area contributed by atoms with Crippen LogP contribution in [0.25, 0.3) is 64.9 Å². The number of thiophene rings is 2. The smallest absolute Gasteiger partial charge is 0.872 e. The monoisotopic (exact) mass is 896 g/mol. The van der Waals surface area contributed by atoms with Gasteiger partial charge < -0.3 is 25.4 Å². The van der Waals surface area contributed by atoms with Crippen LogP contribution in [-0.4, -0.2) is 15.1 Å². The van der Waals surface area contributed by atoms with Crippen molar-refractivity contribution in [3.05, 3.63) is 132 Å². The van der Waals surface area contributed by atoms with Crippen molar-refractivity contribution in [1.82, 2.24) is 9.97 Å². The number of rotatable bonds is 4. The number of H-pyrrole nitrogens is 1. The van der Waals surface area contributed by atoms with Gasteiger partial charge in [-0.2, -0.15) is 0 Å². The summed E-state index contributed by atoms with van der Waals surface area (Å²) in [5.41, 5.74) is 8.41. The SMILES string of the molecule is O=c1[nH]c2sc(Cl)c(-c3ccc4c(c3)CCCC4)c2c(O)c1-c1ccccc1.[Na+].[Na+].[Na+].[O-]c1nc2sc(Cl)c(-c3ccc4c(c3[O-])CCCC4)c2c([O-])c1-c1ccccc1. The van der Waals surface area contributed by atoms with Gasteiger partial charge in [0.1, 0.15) is 24.1 Å². The fraction of sp³-hybridized carbons (Fsp3) is 0.174. The van der Waals surface area contributed by atoms with E-state index in [-0.39, 0.29) is 127 Å². The maximum atomic E-state index is 13.4. The minimum atomic E-state index is -0.578. The summed E-state index contributed by atoms with van der Waals surface area (Å²) in [6, 6.07) is 28.1. The Balaban J connectivity index is 0.000000192. The third-order valence-electron chi connectivity index (χ3n) is 11.0. The summed E-state index contributed by atoms with van der Waals surface area (Å²) in [6.07, 6.45) is 8.32. The molecule has 0 amide bonds.